The molecule has 6 heteroatoms. The molecule has 0 spiro atoms. The lowest BCUT2D eigenvalue weighted by molar-refractivity contribution is -0.856. The summed E-state index contributed by atoms with van der Waals surface area (Å²) in [6.07, 6.45) is 3.60. The number of likely N-dealkylation sites (N-methyl/N-ethyl adjacent to an activating group) is 1. The Morgan fingerprint density at radius 1 is 1.39 bits per heavy atom. The van der Waals surface area contributed by atoms with E-state index in [0.717, 1.165) is 36.7 Å². The van der Waals surface area contributed by atoms with Gasteiger partial charge in [-0.15, -0.1) is 11.3 Å². The molecule has 23 heavy (non-hydrogen) atoms. The molecule has 1 aromatic heterocycles. The summed E-state index contributed by atoms with van der Waals surface area (Å²) in [5.41, 5.74) is 1.10. The molecule has 2 aromatic rings. The number of piperidine rings is 1. The van der Waals surface area contributed by atoms with E-state index in [4.69, 9.17) is 17.2 Å². The SMILES string of the molecule is C[NH+](C)CCNC(=S)N1CCCC[C@H]1c1nc2ccccc2s1. The Kier molecular flexibility index (Phi) is 5.46. The van der Waals surface area contributed by atoms with E-state index in [0.29, 0.717) is 6.04 Å². The number of quaternary nitrogens is 1. The summed E-state index contributed by atoms with van der Waals surface area (Å²) in [6.45, 7) is 3.02. The van der Waals surface area contributed by atoms with Crippen molar-refractivity contribution >= 4 is 38.9 Å². The van der Waals surface area contributed by atoms with Crippen molar-refractivity contribution in [2.24, 2.45) is 0 Å². The first-order valence-corrected chi connectivity index (χ1v) is 9.56. The molecule has 1 saturated heterocycles. The Hall–Kier alpha value is -1.24. The molecular formula is C17H25N4S2+. The number of hydrogen-bond acceptors (Lipinski definition) is 3. The molecule has 0 unspecified atom stereocenters. The van der Waals surface area contributed by atoms with Crippen LogP contribution in [0.15, 0.2) is 24.3 Å². The van der Waals surface area contributed by atoms with E-state index in [1.54, 1.807) is 0 Å². The monoisotopic (exact) mass is 349 g/mol. The lowest BCUT2D eigenvalue weighted by Crippen LogP contribution is -3.06. The minimum atomic E-state index is 0.327. The Balaban J connectivity index is 1.74. The predicted molar refractivity (Wildman–Crippen MR) is 101 cm³/mol. The second-order valence-electron chi connectivity index (χ2n) is 6.41. The van der Waals surface area contributed by atoms with E-state index in [9.17, 15) is 0 Å². The van der Waals surface area contributed by atoms with Crippen LogP contribution in [0.2, 0.25) is 0 Å². The minimum absolute atomic E-state index is 0.327. The van der Waals surface area contributed by atoms with Crippen LogP contribution in [-0.4, -0.2) is 48.7 Å². The number of fused-ring (bicyclic) bond motifs is 1. The molecule has 0 radical (unpaired) electrons. The first-order valence-electron chi connectivity index (χ1n) is 8.34. The van der Waals surface area contributed by atoms with Crippen LogP contribution in [0.5, 0.6) is 0 Å². The van der Waals surface area contributed by atoms with E-state index in [2.05, 4.69) is 48.6 Å². The van der Waals surface area contributed by atoms with Gasteiger partial charge < -0.3 is 15.1 Å². The third kappa shape index (κ3) is 4.00. The molecule has 1 aliphatic heterocycles. The Bertz CT molecular complexity index is 634. The molecule has 1 fully saturated rings. The summed E-state index contributed by atoms with van der Waals surface area (Å²) in [5.74, 6) is 0. The fraction of sp³-hybridized carbons (Fsp3) is 0.529. The van der Waals surface area contributed by atoms with Crippen molar-refractivity contribution in [3.05, 3.63) is 29.3 Å². The smallest absolute Gasteiger partial charge is 0.169 e. The Labute approximate surface area is 147 Å². The molecule has 4 nitrogen and oxygen atoms in total. The predicted octanol–water partition coefficient (Wildman–Crippen LogP) is 1.84. The lowest BCUT2D eigenvalue weighted by Gasteiger charge is -2.36. The summed E-state index contributed by atoms with van der Waals surface area (Å²) >= 11 is 7.48. The van der Waals surface area contributed by atoms with Crippen LogP contribution >= 0.6 is 23.6 Å². The average molecular weight is 350 g/mol. The highest BCUT2D eigenvalue weighted by Crippen LogP contribution is 2.35. The van der Waals surface area contributed by atoms with E-state index < -0.39 is 0 Å². The fourth-order valence-electron chi connectivity index (χ4n) is 2.98. The average Bonchev–Trinajstić information content (AvgIpc) is 2.98. The van der Waals surface area contributed by atoms with Crippen LogP contribution in [0, 0.1) is 0 Å². The van der Waals surface area contributed by atoms with Gasteiger partial charge in [-0.25, -0.2) is 4.98 Å². The van der Waals surface area contributed by atoms with Gasteiger partial charge in [0.15, 0.2) is 5.11 Å². The van der Waals surface area contributed by atoms with Crippen molar-refractivity contribution in [3.8, 4) is 0 Å². The van der Waals surface area contributed by atoms with Gasteiger partial charge in [-0.1, -0.05) is 12.1 Å². The molecule has 3 rings (SSSR count). The van der Waals surface area contributed by atoms with Gasteiger partial charge in [0, 0.05) is 6.54 Å². The fourth-order valence-corrected chi connectivity index (χ4v) is 4.42. The van der Waals surface area contributed by atoms with E-state index >= 15 is 0 Å². The Morgan fingerprint density at radius 3 is 3.00 bits per heavy atom. The van der Waals surface area contributed by atoms with Gasteiger partial charge in [-0.2, -0.15) is 0 Å². The first-order chi connectivity index (χ1) is 11.1. The lowest BCUT2D eigenvalue weighted by atomic mass is 10.0. The van der Waals surface area contributed by atoms with E-state index in [1.165, 1.54) is 27.4 Å². The zero-order chi connectivity index (χ0) is 16.2. The number of para-hydroxylation sites is 1. The molecule has 2 heterocycles. The number of benzene rings is 1. The third-order valence-electron chi connectivity index (χ3n) is 4.26. The largest absolute Gasteiger partial charge is 0.357 e. The summed E-state index contributed by atoms with van der Waals surface area (Å²) in [5, 5.41) is 5.52. The summed E-state index contributed by atoms with van der Waals surface area (Å²) in [6, 6.07) is 8.71. The maximum Gasteiger partial charge on any atom is 0.169 e. The maximum atomic E-state index is 5.67. The normalized spacial score (nSPS) is 18.6. The van der Waals surface area contributed by atoms with Crippen molar-refractivity contribution < 1.29 is 4.90 Å². The first kappa shape index (κ1) is 16.6. The van der Waals surface area contributed by atoms with Crippen LogP contribution in [0.25, 0.3) is 10.2 Å². The van der Waals surface area contributed by atoms with Gasteiger partial charge >= 0.3 is 0 Å². The number of aromatic nitrogens is 1. The zero-order valence-electron chi connectivity index (χ0n) is 13.8. The Morgan fingerprint density at radius 2 is 2.22 bits per heavy atom. The number of nitrogens with zero attached hydrogens (tertiary/aromatic N) is 2. The second kappa shape index (κ2) is 7.55. The second-order valence-corrected chi connectivity index (χ2v) is 7.86. The molecule has 1 atom stereocenters. The molecular weight excluding hydrogens is 324 g/mol. The van der Waals surface area contributed by atoms with Crippen molar-refractivity contribution in [3.63, 3.8) is 0 Å². The molecule has 0 amide bonds. The molecule has 0 saturated carbocycles. The van der Waals surface area contributed by atoms with Crippen LogP contribution in [0.1, 0.15) is 30.3 Å². The summed E-state index contributed by atoms with van der Waals surface area (Å²) < 4.78 is 1.27. The van der Waals surface area contributed by atoms with Gasteiger partial charge in [0.25, 0.3) is 0 Å². The van der Waals surface area contributed by atoms with Crippen LogP contribution in [0.4, 0.5) is 0 Å². The molecule has 0 bridgehead atoms. The summed E-state index contributed by atoms with van der Waals surface area (Å²) in [4.78, 5) is 8.64. The highest BCUT2D eigenvalue weighted by molar-refractivity contribution is 7.80. The molecule has 1 aliphatic rings. The maximum absolute atomic E-state index is 5.67. The van der Waals surface area contributed by atoms with Crippen LogP contribution in [-0.2, 0) is 0 Å². The van der Waals surface area contributed by atoms with Gasteiger partial charge in [0.05, 0.1) is 43.4 Å². The molecule has 2 N–H and O–H groups in total. The number of likely N-dealkylation sites (tertiary alicyclic amines) is 1. The highest BCUT2D eigenvalue weighted by atomic mass is 32.1. The number of thiazole rings is 1. The zero-order valence-corrected chi connectivity index (χ0v) is 15.5. The van der Waals surface area contributed by atoms with Gasteiger partial charge in [0.1, 0.15) is 5.01 Å². The number of thiocarbonyl (C=S) groups is 1. The van der Waals surface area contributed by atoms with Crippen molar-refractivity contribution in [2.45, 2.75) is 25.3 Å². The van der Waals surface area contributed by atoms with Crippen LogP contribution < -0.4 is 10.2 Å². The van der Waals surface area contributed by atoms with Gasteiger partial charge in [-0.3, -0.25) is 0 Å². The van der Waals surface area contributed by atoms with Gasteiger partial charge in [0.2, 0.25) is 0 Å². The third-order valence-corrected chi connectivity index (χ3v) is 5.78. The van der Waals surface area contributed by atoms with Crippen LogP contribution in [0.3, 0.4) is 0 Å². The minimum Gasteiger partial charge on any atom is -0.357 e. The molecule has 0 aliphatic carbocycles. The van der Waals surface area contributed by atoms with Crippen molar-refractivity contribution in [2.75, 3.05) is 33.7 Å². The number of rotatable bonds is 4. The van der Waals surface area contributed by atoms with E-state index in [1.807, 2.05) is 11.3 Å². The number of hydrogen-bond donors (Lipinski definition) is 2. The van der Waals surface area contributed by atoms with Crippen molar-refractivity contribution in [1.82, 2.24) is 15.2 Å². The highest BCUT2D eigenvalue weighted by Gasteiger charge is 2.28. The summed E-state index contributed by atoms with van der Waals surface area (Å²) in [7, 11) is 4.32. The van der Waals surface area contributed by atoms with Crippen molar-refractivity contribution in [1.29, 1.82) is 0 Å². The number of nitrogens with one attached hydrogen (secondary N) is 2. The standard InChI is InChI=1S/C17H24N4S2/c1-20(2)12-10-18-17(22)21-11-6-5-8-14(21)16-19-13-7-3-4-9-15(13)23-16/h3-4,7,9,14H,5-6,8,10-12H2,1-2H3,(H,18,22)/p+1/t14-/m0/s1. The topological polar surface area (TPSA) is 32.6 Å². The van der Waals surface area contributed by atoms with E-state index in [-0.39, 0.29) is 0 Å². The molecule has 124 valence electrons. The van der Waals surface area contributed by atoms with Gasteiger partial charge in [-0.05, 0) is 43.6 Å². The molecule has 1 aromatic carbocycles. The quantitative estimate of drug-likeness (QED) is 0.825.